The van der Waals surface area contributed by atoms with Gasteiger partial charge in [0.15, 0.2) is 12.2 Å². The van der Waals surface area contributed by atoms with Crippen molar-refractivity contribution in [3.05, 3.63) is 0 Å². The molecule has 0 saturated carbocycles. The molecule has 19 heteroatoms. The Balaban J connectivity index is 5.21. The predicted octanol–water partition coefficient (Wildman–Crippen LogP) is 23.4. The summed E-state index contributed by atoms with van der Waals surface area (Å²) in [6.45, 7) is 11.9. The molecule has 98 heavy (non-hydrogen) atoms. The van der Waals surface area contributed by atoms with E-state index in [1.54, 1.807) is 0 Å². The molecule has 0 rings (SSSR count). The summed E-state index contributed by atoms with van der Waals surface area (Å²) in [6, 6.07) is 0. The van der Waals surface area contributed by atoms with Crippen molar-refractivity contribution in [2.75, 3.05) is 39.6 Å². The summed E-state index contributed by atoms with van der Waals surface area (Å²) in [5, 5.41) is 10.6. The topological polar surface area (TPSA) is 237 Å². The van der Waals surface area contributed by atoms with Crippen LogP contribution in [0.15, 0.2) is 0 Å². The Morgan fingerprint density at radius 1 is 0.286 bits per heavy atom. The average Bonchev–Trinajstić information content (AvgIpc) is 1.20. The van der Waals surface area contributed by atoms with E-state index in [9.17, 15) is 43.2 Å². The van der Waals surface area contributed by atoms with Crippen LogP contribution in [0.2, 0.25) is 0 Å². The Morgan fingerprint density at radius 3 is 0.724 bits per heavy atom. The fraction of sp³-hybridized carbons (Fsp3) is 0.949. The summed E-state index contributed by atoms with van der Waals surface area (Å²) < 4.78 is 68.6. The zero-order valence-corrected chi connectivity index (χ0v) is 66.0. The van der Waals surface area contributed by atoms with Gasteiger partial charge in [0, 0.05) is 25.7 Å². The first-order valence-corrected chi connectivity index (χ1v) is 44.0. The molecule has 0 fully saturated rings. The van der Waals surface area contributed by atoms with Crippen LogP contribution in [0.5, 0.6) is 0 Å². The predicted molar refractivity (Wildman–Crippen MR) is 400 cm³/mol. The van der Waals surface area contributed by atoms with Crippen molar-refractivity contribution < 1.29 is 80.2 Å². The summed E-state index contributed by atoms with van der Waals surface area (Å²) in [4.78, 5) is 72.9. The zero-order chi connectivity index (χ0) is 72.3. The molecule has 5 unspecified atom stereocenters. The second kappa shape index (κ2) is 69.4. The van der Waals surface area contributed by atoms with E-state index in [1.807, 2.05) is 0 Å². The molecule has 0 aromatic rings. The van der Waals surface area contributed by atoms with Gasteiger partial charge in [-0.3, -0.25) is 37.3 Å². The van der Waals surface area contributed by atoms with E-state index in [0.717, 1.165) is 114 Å². The number of phosphoric acid groups is 2. The normalized spacial score (nSPS) is 14.8. The second-order valence-electron chi connectivity index (χ2n) is 29.2. The van der Waals surface area contributed by atoms with Crippen LogP contribution in [0.4, 0.5) is 0 Å². The van der Waals surface area contributed by atoms with Crippen LogP contribution < -0.4 is 0 Å². The first kappa shape index (κ1) is 96.1. The van der Waals surface area contributed by atoms with Gasteiger partial charge in [-0.1, -0.05) is 357 Å². The van der Waals surface area contributed by atoms with Crippen molar-refractivity contribution in [1.29, 1.82) is 0 Å². The van der Waals surface area contributed by atoms with Crippen LogP contribution in [-0.4, -0.2) is 96.7 Å². The molecule has 0 aromatic carbocycles. The molecule has 0 amide bonds. The molecule has 0 bridgehead atoms. The van der Waals surface area contributed by atoms with Gasteiger partial charge in [-0.15, -0.1) is 0 Å². The summed E-state index contributed by atoms with van der Waals surface area (Å²) in [7, 11) is -9.92. The molecule has 17 nitrogen and oxygen atoms in total. The zero-order valence-electron chi connectivity index (χ0n) is 64.3. The number of hydrogen-bond acceptors (Lipinski definition) is 15. The maximum absolute atomic E-state index is 13.1. The van der Waals surface area contributed by atoms with E-state index in [2.05, 4.69) is 48.5 Å². The van der Waals surface area contributed by atoms with Gasteiger partial charge in [0.25, 0.3) is 0 Å². The third kappa shape index (κ3) is 68.5. The SMILES string of the molecule is CCCCCCCCCCCCCCCCC(=O)OC[C@H](COP(=O)(O)OC[C@@H](O)COP(=O)(O)OC[C@@H](COC(=O)CCCCCCCCC(C)CC)OC(=O)CCCCCCCCCCC(C)CC)OC(=O)CCCCCCCCCCCCCCCCCCCCC(C)CC. The molecule has 3 N–H and O–H groups in total. The molecule has 8 atom stereocenters. The number of esters is 4. The highest BCUT2D eigenvalue weighted by molar-refractivity contribution is 7.47. The fourth-order valence-electron chi connectivity index (χ4n) is 12.0. The quantitative estimate of drug-likeness (QED) is 0.0222. The Hall–Kier alpha value is -1.94. The van der Waals surface area contributed by atoms with Crippen molar-refractivity contribution in [1.82, 2.24) is 0 Å². The third-order valence-electron chi connectivity index (χ3n) is 19.5. The summed E-state index contributed by atoms with van der Waals surface area (Å²) >= 11 is 0. The molecule has 0 saturated heterocycles. The molecule has 0 heterocycles. The maximum atomic E-state index is 13.1. The Bertz CT molecular complexity index is 1910. The maximum Gasteiger partial charge on any atom is 0.472 e. The highest BCUT2D eigenvalue weighted by Crippen LogP contribution is 2.45. The lowest BCUT2D eigenvalue weighted by molar-refractivity contribution is -0.161. The lowest BCUT2D eigenvalue weighted by Gasteiger charge is -2.21. The van der Waals surface area contributed by atoms with Gasteiger partial charge in [0.2, 0.25) is 0 Å². The summed E-state index contributed by atoms with van der Waals surface area (Å²) in [6.07, 6.45) is 56.9. The van der Waals surface area contributed by atoms with Gasteiger partial charge < -0.3 is 33.8 Å². The summed E-state index contributed by atoms with van der Waals surface area (Å²) in [5.41, 5.74) is 0. The van der Waals surface area contributed by atoms with E-state index in [-0.39, 0.29) is 25.7 Å². The van der Waals surface area contributed by atoms with E-state index in [1.165, 1.54) is 212 Å². The van der Waals surface area contributed by atoms with Gasteiger partial charge in [-0.25, -0.2) is 9.13 Å². The van der Waals surface area contributed by atoms with Crippen LogP contribution in [0.1, 0.15) is 408 Å². The van der Waals surface area contributed by atoms with Crippen molar-refractivity contribution in [3.63, 3.8) is 0 Å². The first-order chi connectivity index (χ1) is 47.3. The van der Waals surface area contributed by atoms with Crippen molar-refractivity contribution >= 4 is 39.5 Å². The number of ether oxygens (including phenoxy) is 4. The van der Waals surface area contributed by atoms with Crippen LogP contribution in [0.3, 0.4) is 0 Å². The molecule has 0 spiro atoms. The van der Waals surface area contributed by atoms with Crippen LogP contribution in [0, 0.1) is 17.8 Å². The molecule has 582 valence electrons. The minimum atomic E-state index is -4.96. The number of hydrogen-bond donors (Lipinski definition) is 3. The standard InChI is InChI=1S/C79H154O17P2/c1-8-12-13-14-15-16-17-18-26-29-32-38-46-53-60-76(81)89-66-74(95-78(83)62-55-48-39-33-30-27-24-22-20-19-21-23-25-28-31-36-43-50-57-70(5)9-2)68-93-97(85,86)91-64-73(80)65-92-98(87,88)94-69-75(67-90-77(82)61-54-47-42-41-45-52-59-72(7)11-4)96-79(84)63-56-49-40-35-34-37-44-51-58-71(6)10-3/h70-75,80H,8-69H2,1-7H3,(H,85,86)(H,87,88)/t70?,71?,72?,73-,74-,75-/m1/s1. The van der Waals surface area contributed by atoms with Crippen LogP contribution >= 0.6 is 15.6 Å². The van der Waals surface area contributed by atoms with Gasteiger partial charge in [-0.2, -0.15) is 0 Å². The number of unbranched alkanes of at least 4 members (excludes halogenated alkanes) is 42. The number of phosphoric ester groups is 2. The Labute approximate surface area is 600 Å². The smallest absolute Gasteiger partial charge is 0.462 e. The first-order valence-electron chi connectivity index (χ1n) is 41.0. The molecular formula is C79H154O17P2. The highest BCUT2D eigenvalue weighted by atomic mass is 31.2. The second-order valence-corrected chi connectivity index (χ2v) is 32.1. The van der Waals surface area contributed by atoms with Gasteiger partial charge >= 0.3 is 39.5 Å². The van der Waals surface area contributed by atoms with Crippen molar-refractivity contribution in [2.45, 2.75) is 426 Å². The van der Waals surface area contributed by atoms with Crippen molar-refractivity contribution in [3.8, 4) is 0 Å². The Kier molecular flexibility index (Phi) is 68.1. The number of carbonyl (C=O) groups excluding carboxylic acids is 4. The van der Waals surface area contributed by atoms with Gasteiger partial charge in [-0.05, 0) is 43.4 Å². The molecular weight excluding hydrogens is 1280 g/mol. The number of aliphatic hydroxyl groups excluding tert-OH is 1. The molecule has 0 aromatic heterocycles. The van der Waals surface area contributed by atoms with E-state index in [0.29, 0.717) is 25.7 Å². The monoisotopic (exact) mass is 1440 g/mol. The minimum absolute atomic E-state index is 0.104. The third-order valence-corrected chi connectivity index (χ3v) is 21.4. The summed E-state index contributed by atoms with van der Waals surface area (Å²) in [5.74, 6) is 0.255. The lowest BCUT2D eigenvalue weighted by atomic mass is 9.99. The molecule has 0 radical (unpaired) electrons. The Morgan fingerprint density at radius 2 is 0.490 bits per heavy atom. The number of rotatable bonds is 77. The minimum Gasteiger partial charge on any atom is -0.462 e. The molecule has 0 aliphatic heterocycles. The van der Waals surface area contributed by atoms with Crippen LogP contribution in [-0.2, 0) is 65.4 Å². The fourth-order valence-corrected chi connectivity index (χ4v) is 13.6. The van der Waals surface area contributed by atoms with Crippen molar-refractivity contribution in [2.24, 2.45) is 17.8 Å². The van der Waals surface area contributed by atoms with E-state index >= 15 is 0 Å². The van der Waals surface area contributed by atoms with Gasteiger partial charge in [0.05, 0.1) is 26.4 Å². The van der Waals surface area contributed by atoms with E-state index < -0.39 is 97.5 Å². The molecule has 0 aliphatic rings. The molecule has 0 aliphatic carbocycles. The van der Waals surface area contributed by atoms with E-state index in [4.69, 9.17) is 37.0 Å². The number of carbonyl (C=O) groups is 4. The van der Waals surface area contributed by atoms with Crippen LogP contribution in [0.25, 0.3) is 0 Å². The average molecular weight is 1440 g/mol. The largest absolute Gasteiger partial charge is 0.472 e. The number of aliphatic hydroxyl groups is 1. The highest BCUT2D eigenvalue weighted by Gasteiger charge is 2.30. The van der Waals surface area contributed by atoms with Gasteiger partial charge in [0.1, 0.15) is 19.3 Å². The lowest BCUT2D eigenvalue weighted by Crippen LogP contribution is -2.30.